The molecule has 1 aromatic heterocycles. The second kappa shape index (κ2) is 8.46. The fourth-order valence-electron chi connectivity index (χ4n) is 4.34. The van der Waals surface area contributed by atoms with Crippen LogP contribution in [0, 0.1) is 6.92 Å². The highest BCUT2D eigenvalue weighted by Crippen LogP contribution is 2.29. The van der Waals surface area contributed by atoms with E-state index in [4.69, 9.17) is 0 Å². The zero-order chi connectivity index (χ0) is 20.4. The Hall–Kier alpha value is -1.89. The minimum absolute atomic E-state index is 0.418. The molecule has 6 heteroatoms. The van der Waals surface area contributed by atoms with Crippen LogP contribution in [0.2, 0.25) is 0 Å². The van der Waals surface area contributed by atoms with Gasteiger partial charge in [0.1, 0.15) is 0 Å². The lowest BCUT2D eigenvalue weighted by Gasteiger charge is -2.36. The van der Waals surface area contributed by atoms with Gasteiger partial charge in [0.15, 0.2) is 0 Å². The van der Waals surface area contributed by atoms with Gasteiger partial charge < -0.3 is 10.2 Å². The minimum Gasteiger partial charge on any atom is -0.370 e. The Bertz CT molecular complexity index is 941. The molecule has 0 bridgehead atoms. The van der Waals surface area contributed by atoms with Gasteiger partial charge in [-0.05, 0) is 64.6 Å². The van der Waals surface area contributed by atoms with E-state index in [-0.39, 0.29) is 0 Å². The third-order valence-electron chi connectivity index (χ3n) is 6.02. The Morgan fingerprint density at radius 3 is 2.79 bits per heavy atom. The predicted octanol–water partition coefficient (Wildman–Crippen LogP) is 2.07. The second-order valence-corrected chi connectivity index (χ2v) is 11.3. The third kappa shape index (κ3) is 5.00. The summed E-state index contributed by atoms with van der Waals surface area (Å²) in [7, 11) is 0.296. The van der Waals surface area contributed by atoms with Gasteiger partial charge in [-0.1, -0.05) is 18.2 Å². The lowest BCUT2D eigenvalue weighted by atomic mass is 9.93. The maximum atomic E-state index is 12.3. The number of likely N-dealkylation sites (N-methyl/N-ethyl adjacent to an activating group) is 1. The van der Waals surface area contributed by atoms with Gasteiger partial charge in [-0.2, -0.15) is 0 Å². The summed E-state index contributed by atoms with van der Waals surface area (Å²) in [6.07, 6.45) is 2.96. The molecule has 0 radical (unpaired) electrons. The van der Waals surface area contributed by atoms with Crippen LogP contribution in [-0.4, -0.2) is 64.2 Å². The van der Waals surface area contributed by atoms with E-state index in [1.54, 1.807) is 0 Å². The summed E-state index contributed by atoms with van der Waals surface area (Å²) in [5.74, 6) is 5.31. The van der Waals surface area contributed by atoms with Crippen LogP contribution in [0.4, 0.5) is 5.69 Å². The highest BCUT2D eigenvalue weighted by atomic mass is 32.2. The predicted molar refractivity (Wildman–Crippen MR) is 123 cm³/mol. The first-order chi connectivity index (χ1) is 13.9. The van der Waals surface area contributed by atoms with E-state index in [1.165, 1.54) is 22.4 Å². The van der Waals surface area contributed by atoms with E-state index < -0.39 is 9.52 Å². The molecule has 1 atom stereocenters. The molecule has 3 heterocycles. The number of fused-ring (bicyclic) bond motifs is 1. The van der Waals surface area contributed by atoms with Crippen molar-refractivity contribution in [3.63, 3.8) is 0 Å². The molecule has 0 saturated carbocycles. The monoisotopic (exact) mass is 412 g/mol. The first-order valence-electron chi connectivity index (χ1n) is 10.4. The van der Waals surface area contributed by atoms with E-state index in [0.717, 1.165) is 44.8 Å². The number of anilines is 1. The zero-order valence-corrected chi connectivity index (χ0v) is 18.4. The summed E-state index contributed by atoms with van der Waals surface area (Å²) >= 11 is 0. The lowest BCUT2D eigenvalue weighted by molar-refractivity contribution is 0.271. The van der Waals surface area contributed by atoms with Crippen LogP contribution in [0.5, 0.6) is 0 Å². The van der Waals surface area contributed by atoms with E-state index in [1.807, 2.05) is 6.20 Å². The van der Waals surface area contributed by atoms with E-state index in [2.05, 4.69) is 70.3 Å². The molecule has 0 amide bonds. The van der Waals surface area contributed by atoms with Crippen LogP contribution in [-0.2, 0) is 29.0 Å². The molecule has 1 aromatic carbocycles. The molecular weight excluding hydrogens is 380 g/mol. The Balaban J connectivity index is 1.43. The molecule has 0 aliphatic carbocycles. The topological polar surface area (TPSA) is 48.5 Å². The van der Waals surface area contributed by atoms with Crippen molar-refractivity contribution in [1.29, 1.82) is 0 Å². The first kappa shape index (κ1) is 20.4. The van der Waals surface area contributed by atoms with Crippen molar-refractivity contribution in [1.82, 2.24) is 15.2 Å². The average Bonchev–Trinajstić information content (AvgIpc) is 2.69. The number of nitrogens with one attached hydrogen (secondary N) is 1. The van der Waals surface area contributed by atoms with Gasteiger partial charge in [0.2, 0.25) is 0 Å². The van der Waals surface area contributed by atoms with Crippen LogP contribution >= 0.6 is 0 Å². The molecule has 1 N–H and O–H groups in total. The van der Waals surface area contributed by atoms with Gasteiger partial charge in [-0.3, -0.25) is 14.1 Å². The van der Waals surface area contributed by atoms with Gasteiger partial charge in [0.25, 0.3) is 0 Å². The van der Waals surface area contributed by atoms with Gasteiger partial charge in [-0.25, -0.2) is 0 Å². The largest absolute Gasteiger partial charge is 0.370 e. The average molecular weight is 413 g/mol. The summed E-state index contributed by atoms with van der Waals surface area (Å²) in [5, 5.41) is 3.71. The Morgan fingerprint density at radius 1 is 1.28 bits per heavy atom. The molecule has 1 fully saturated rings. The van der Waals surface area contributed by atoms with E-state index in [9.17, 15) is 4.21 Å². The summed E-state index contributed by atoms with van der Waals surface area (Å²) in [6, 6.07) is 11.3. The number of benzene rings is 1. The van der Waals surface area contributed by atoms with Crippen molar-refractivity contribution >= 4 is 21.1 Å². The Morgan fingerprint density at radius 2 is 2.07 bits per heavy atom. The highest BCUT2D eigenvalue weighted by Gasteiger charge is 2.25. The molecule has 5 nitrogen and oxygen atoms in total. The van der Waals surface area contributed by atoms with Gasteiger partial charge >= 0.3 is 0 Å². The van der Waals surface area contributed by atoms with Crippen molar-refractivity contribution in [2.24, 2.45) is 0 Å². The number of aryl methyl sites for hydroxylation is 1. The molecule has 2 aliphatic heterocycles. The highest BCUT2D eigenvalue weighted by molar-refractivity contribution is 8.00. The van der Waals surface area contributed by atoms with Crippen LogP contribution in [0.3, 0.4) is 0 Å². The fraction of sp³-hybridized carbons (Fsp3) is 0.478. The van der Waals surface area contributed by atoms with E-state index >= 15 is 0 Å². The summed E-state index contributed by atoms with van der Waals surface area (Å²) in [4.78, 5) is 9.30. The molecule has 29 heavy (non-hydrogen) atoms. The number of hydrogen-bond donors (Lipinski definition) is 1. The van der Waals surface area contributed by atoms with Crippen molar-refractivity contribution in [2.75, 3.05) is 43.1 Å². The molecule has 0 unspecified atom stereocenters. The van der Waals surface area contributed by atoms with E-state index in [0.29, 0.717) is 17.5 Å². The number of rotatable bonds is 5. The minimum atomic E-state index is -1.87. The Kier molecular flexibility index (Phi) is 5.95. The first-order valence-corrected chi connectivity index (χ1v) is 12.5. The maximum Gasteiger partial charge on any atom is 0.0544 e. The molecule has 2 aliphatic rings. The third-order valence-corrected chi connectivity index (χ3v) is 7.88. The van der Waals surface area contributed by atoms with Crippen LogP contribution in [0.1, 0.15) is 22.4 Å². The number of nitrogens with zero attached hydrogens (tertiary/aromatic N) is 3. The second-order valence-electron chi connectivity index (χ2n) is 8.58. The van der Waals surface area contributed by atoms with Crippen LogP contribution in [0.25, 0.3) is 0 Å². The van der Waals surface area contributed by atoms with Crippen molar-refractivity contribution < 1.29 is 4.21 Å². The number of pyridine rings is 1. The van der Waals surface area contributed by atoms with Crippen LogP contribution in [0.15, 0.2) is 36.5 Å². The quantitative estimate of drug-likeness (QED) is 0.762. The fourth-order valence-corrected chi connectivity index (χ4v) is 5.65. The molecule has 4 rings (SSSR count). The van der Waals surface area contributed by atoms with Crippen molar-refractivity contribution in [3.05, 3.63) is 58.9 Å². The molecular formula is C23H32N4OS. The van der Waals surface area contributed by atoms with Gasteiger partial charge in [0.05, 0.1) is 5.69 Å². The SMILES string of the molecule is C=S1(=O)CCN(c2cccc3c2C[C@H](CN(C)Cc2ccc(C)cn2)NC3)CC1. The summed E-state index contributed by atoms with van der Waals surface area (Å²) < 4.78 is 12.3. The standard InChI is InChI=1S/C23H32N4OS/c1-18-7-8-20(24-14-18)16-26(2)17-21-13-22-19(15-25-21)5-4-6-23(22)27-9-11-29(3,28)12-10-27/h4-8,14,21,25H,3,9-13,15-17H2,1-2H3/t21-/m1/s1. The van der Waals surface area contributed by atoms with Crippen molar-refractivity contribution in [3.8, 4) is 0 Å². The Labute approximate surface area is 175 Å². The molecule has 156 valence electrons. The molecule has 1 saturated heterocycles. The maximum absolute atomic E-state index is 12.3. The zero-order valence-electron chi connectivity index (χ0n) is 17.6. The smallest absolute Gasteiger partial charge is 0.0544 e. The van der Waals surface area contributed by atoms with Gasteiger partial charge in [0, 0.05) is 62.2 Å². The molecule has 2 aromatic rings. The van der Waals surface area contributed by atoms with Crippen LogP contribution < -0.4 is 10.2 Å². The molecule has 0 spiro atoms. The summed E-state index contributed by atoms with van der Waals surface area (Å²) in [5.41, 5.74) is 6.48. The normalized spacial score (nSPS) is 21.2. The number of aromatic nitrogens is 1. The number of hydrogen-bond acceptors (Lipinski definition) is 5. The summed E-state index contributed by atoms with van der Waals surface area (Å²) in [6.45, 7) is 6.50. The van der Waals surface area contributed by atoms with Gasteiger partial charge in [-0.15, -0.1) is 0 Å². The van der Waals surface area contributed by atoms with Crippen molar-refractivity contribution in [2.45, 2.75) is 32.5 Å². The lowest BCUT2D eigenvalue weighted by Crippen LogP contribution is -2.45.